The number of para-hydroxylation sites is 2. The normalized spacial score (nSPS) is 15.4. The Kier molecular flexibility index (Phi) is 13.1. The van der Waals surface area contributed by atoms with E-state index in [0.717, 1.165) is 16.6 Å². The van der Waals surface area contributed by atoms with Crippen LogP contribution in [-0.4, -0.2) is 28.2 Å². The predicted molar refractivity (Wildman–Crippen MR) is 377 cm³/mol. The van der Waals surface area contributed by atoms with Crippen molar-refractivity contribution in [2.24, 2.45) is 0 Å². The van der Waals surface area contributed by atoms with Crippen LogP contribution in [0, 0.1) is 20.2 Å². The molecule has 14 aromatic carbocycles. The predicted octanol–water partition coefficient (Wildman–Crippen LogP) is 21.4. The third-order valence-electron chi connectivity index (χ3n) is 20.0. The summed E-state index contributed by atoms with van der Waals surface area (Å²) in [6.45, 7) is 17.8. The average Bonchev–Trinajstić information content (AvgIpc) is 1.47. The van der Waals surface area contributed by atoms with Gasteiger partial charge in [-0.1, -0.05) is 204 Å². The van der Waals surface area contributed by atoms with Crippen LogP contribution in [-0.2, 0) is 20.1 Å². The van der Waals surface area contributed by atoms with E-state index in [0.29, 0.717) is 10.0 Å². The summed E-state index contributed by atoms with van der Waals surface area (Å²) >= 11 is 3.06. The van der Waals surface area contributed by atoms with Crippen LogP contribution >= 0.6 is 15.9 Å². The van der Waals surface area contributed by atoms with Crippen molar-refractivity contribution >= 4 is 126 Å². The first kappa shape index (κ1) is 56.9. The Labute approximate surface area is 530 Å². The van der Waals surface area contributed by atoms with Gasteiger partial charge in [0.05, 0.1) is 31.1 Å². The van der Waals surface area contributed by atoms with Crippen molar-refractivity contribution in [1.82, 2.24) is 0 Å². The Hall–Kier alpha value is -9.58. The summed E-state index contributed by atoms with van der Waals surface area (Å²) in [7, 11) is -0.374. The Balaban J connectivity index is 0.000000130. The Morgan fingerprint density at radius 2 is 0.733 bits per heavy atom. The van der Waals surface area contributed by atoms with Crippen molar-refractivity contribution in [3.8, 4) is 33.4 Å². The van der Waals surface area contributed by atoms with Crippen LogP contribution in [0.5, 0.6) is 0 Å². The van der Waals surface area contributed by atoms with Crippen molar-refractivity contribution in [2.45, 2.75) is 77.4 Å². The molecule has 0 spiro atoms. The highest BCUT2D eigenvalue weighted by atomic mass is 79.9. The smallest absolute Gasteiger partial charge is 0.399 e. The first-order valence-electron chi connectivity index (χ1n) is 30.6. The minimum Gasteiger partial charge on any atom is -0.399 e. The third kappa shape index (κ3) is 8.78. The van der Waals surface area contributed by atoms with Gasteiger partial charge in [0.25, 0.3) is 11.4 Å². The van der Waals surface area contributed by atoms with Gasteiger partial charge in [0.2, 0.25) is 0 Å². The van der Waals surface area contributed by atoms with E-state index in [1.54, 1.807) is 30.3 Å². The Morgan fingerprint density at radius 3 is 1.19 bits per heavy atom. The van der Waals surface area contributed by atoms with Gasteiger partial charge in [0, 0.05) is 23.0 Å². The van der Waals surface area contributed by atoms with E-state index >= 15 is 0 Å². The van der Waals surface area contributed by atoms with E-state index in [2.05, 4.69) is 247 Å². The monoisotopic (exact) mass is 1240 g/mol. The Bertz CT molecular complexity index is 5420. The molecule has 10 heteroatoms. The van der Waals surface area contributed by atoms with Crippen LogP contribution in [0.4, 0.5) is 11.4 Å². The maximum atomic E-state index is 11.8. The summed E-state index contributed by atoms with van der Waals surface area (Å²) < 4.78 is 13.4. The van der Waals surface area contributed by atoms with E-state index < -0.39 is 4.92 Å². The van der Waals surface area contributed by atoms with Crippen LogP contribution in [0.2, 0.25) is 0 Å². The molecule has 1 heterocycles. The van der Waals surface area contributed by atoms with Crippen molar-refractivity contribution in [3.05, 3.63) is 277 Å². The molecule has 8 nitrogen and oxygen atoms in total. The topological polar surface area (TPSA) is 105 Å². The SMILES string of the molecule is CC1(C)c2ccc(-c3ccccc3[N+](=O)[O-])cc2-c2ccc3c4cc5ccccc5cc4c4ccccc4c3c21.CC1(C)c2ccc(B3OC(C)(C)C(C)(C)O3)cc2-c2ccc3c4cc5ccccc5cc4c4ccccc4c3c21.O=[N+]([O-])c1ccccc1Br. The van der Waals surface area contributed by atoms with Crippen LogP contribution < -0.4 is 5.46 Å². The molecule has 0 N–H and O–H groups in total. The van der Waals surface area contributed by atoms with Crippen molar-refractivity contribution in [3.63, 3.8) is 0 Å². The second-order valence-corrected chi connectivity index (χ2v) is 27.1. The highest BCUT2D eigenvalue weighted by Crippen LogP contribution is 2.56. The number of rotatable bonds is 4. The summed E-state index contributed by atoms with van der Waals surface area (Å²) in [6, 6.07) is 80.3. The average molecular weight is 1240 g/mol. The zero-order chi connectivity index (χ0) is 62.3. The molecule has 2 aliphatic carbocycles. The molecule has 3 aliphatic rings. The zero-order valence-corrected chi connectivity index (χ0v) is 52.8. The fourth-order valence-electron chi connectivity index (χ4n) is 14.9. The lowest BCUT2D eigenvalue weighted by Gasteiger charge is -2.32. The van der Waals surface area contributed by atoms with Crippen LogP contribution in [0.15, 0.2) is 235 Å². The van der Waals surface area contributed by atoms with Crippen LogP contribution in [0.3, 0.4) is 0 Å². The zero-order valence-electron chi connectivity index (χ0n) is 51.2. The molecule has 1 aliphatic heterocycles. The highest BCUT2D eigenvalue weighted by molar-refractivity contribution is 9.10. The standard InChI is InChI=1S/C37H33BO2.C37H25NO2.C6H4BrNO2/c1-35(2)32-18-15-24(38-39-36(3,4)37(5,6)40-38)21-31(32)28-17-16-27-30-20-23-12-8-7-11-22(23)19-29(30)25-13-9-10-14-26(25)33(27)34(28)35;1-37(2)33-18-15-24(25-11-7-8-14-34(25)38(39)40)21-32(33)29-17-16-28-31-20-23-10-4-3-9-22(23)19-30(31)26-12-5-6-13-27(26)35(28)36(29)37;7-5-3-1-2-4-6(5)8(9)10/h7-21H,1-6H3;3-21H,1-2H3;1-4H. The molecule has 0 radical (unpaired) electrons. The quantitative estimate of drug-likeness (QED) is 0.0571. The van der Waals surface area contributed by atoms with Gasteiger partial charge in [-0.15, -0.1) is 0 Å². The van der Waals surface area contributed by atoms with Gasteiger partial charge in [0.1, 0.15) is 0 Å². The summed E-state index contributed by atoms with van der Waals surface area (Å²) in [6.07, 6.45) is 0. The number of hydrogen-bond acceptors (Lipinski definition) is 6. The molecule has 0 bridgehead atoms. The third-order valence-corrected chi connectivity index (χ3v) is 20.6. The minimum absolute atomic E-state index is 0.0995. The molecule has 1 saturated heterocycles. The van der Waals surface area contributed by atoms with Gasteiger partial charge in [-0.05, 0) is 228 Å². The molecule has 0 aromatic heterocycles. The molecule has 1 fully saturated rings. The lowest BCUT2D eigenvalue weighted by Crippen LogP contribution is -2.41. The Morgan fingerprint density at radius 1 is 0.356 bits per heavy atom. The fraction of sp³-hybridized carbons (Fsp3) is 0.150. The molecule has 17 rings (SSSR count). The molecule has 438 valence electrons. The molecule has 0 unspecified atom stereocenters. The molecule has 90 heavy (non-hydrogen) atoms. The van der Waals surface area contributed by atoms with Gasteiger partial charge < -0.3 is 9.31 Å². The van der Waals surface area contributed by atoms with E-state index in [4.69, 9.17) is 9.31 Å². The van der Waals surface area contributed by atoms with Gasteiger partial charge in [-0.2, -0.15) is 0 Å². The summed E-state index contributed by atoms with van der Waals surface area (Å²) in [5.74, 6) is 0. The summed E-state index contributed by atoms with van der Waals surface area (Å²) in [5, 5.41) is 42.6. The number of nitro groups is 2. The van der Waals surface area contributed by atoms with Gasteiger partial charge in [-0.25, -0.2) is 0 Å². The van der Waals surface area contributed by atoms with E-state index in [1.807, 2.05) is 18.2 Å². The number of nitrogens with zero attached hydrogens (tertiary/aromatic N) is 2. The molecule has 0 saturated carbocycles. The minimum atomic E-state index is -0.427. The van der Waals surface area contributed by atoms with Crippen molar-refractivity contribution in [2.75, 3.05) is 0 Å². The number of halogens is 1. The molecular formula is C80H62BBrN2O6. The maximum Gasteiger partial charge on any atom is 0.494 e. The van der Waals surface area contributed by atoms with Crippen LogP contribution in [0.25, 0.3) is 120 Å². The number of fused-ring (bicyclic) bond motifs is 22. The van der Waals surface area contributed by atoms with E-state index in [1.165, 1.54) is 131 Å². The van der Waals surface area contributed by atoms with Gasteiger partial charge in [0.15, 0.2) is 0 Å². The van der Waals surface area contributed by atoms with Crippen molar-refractivity contribution in [1.29, 1.82) is 0 Å². The first-order chi connectivity index (χ1) is 43.2. The summed E-state index contributed by atoms with van der Waals surface area (Å²) in [4.78, 5) is 21.3. The number of benzene rings is 14. The largest absolute Gasteiger partial charge is 0.494 e. The second kappa shape index (κ2) is 20.8. The first-order valence-corrected chi connectivity index (χ1v) is 31.4. The van der Waals surface area contributed by atoms with Gasteiger partial charge >= 0.3 is 7.12 Å². The molecular weight excluding hydrogens is 1180 g/mol. The van der Waals surface area contributed by atoms with Crippen molar-refractivity contribution < 1.29 is 19.2 Å². The van der Waals surface area contributed by atoms with Gasteiger partial charge in [-0.3, -0.25) is 20.2 Å². The lowest BCUT2D eigenvalue weighted by molar-refractivity contribution is -0.385. The maximum absolute atomic E-state index is 11.8. The molecule has 0 atom stereocenters. The van der Waals surface area contributed by atoms with E-state index in [9.17, 15) is 20.2 Å². The fourth-order valence-corrected chi connectivity index (χ4v) is 15.3. The highest BCUT2D eigenvalue weighted by Gasteiger charge is 2.52. The second-order valence-electron chi connectivity index (χ2n) is 26.3. The summed E-state index contributed by atoms with van der Waals surface area (Å²) in [5.41, 5.74) is 12.0. The van der Waals surface area contributed by atoms with E-state index in [-0.39, 0.29) is 45.4 Å². The lowest BCUT2D eigenvalue weighted by atomic mass is 9.75. The molecule has 0 amide bonds. The number of hydrogen-bond donors (Lipinski definition) is 0. The van der Waals surface area contributed by atoms with Crippen LogP contribution in [0.1, 0.15) is 77.6 Å². The number of nitro benzene ring substituents is 2. The molecule has 14 aromatic rings.